The summed E-state index contributed by atoms with van der Waals surface area (Å²) in [4.78, 5) is 0. The van der Waals surface area contributed by atoms with Crippen molar-refractivity contribution in [1.29, 1.82) is 0 Å². The molecule has 0 fully saturated rings. The molecule has 17 heavy (non-hydrogen) atoms. The second-order valence-electron chi connectivity index (χ2n) is 5.69. The second-order valence-corrected chi connectivity index (χ2v) is 9.07. The third-order valence-corrected chi connectivity index (χ3v) is 4.62. The Balaban J connectivity index is 3.44. The molecule has 2 nitrogen and oxygen atoms in total. The summed E-state index contributed by atoms with van der Waals surface area (Å²) < 4.78 is 11.8. The fourth-order valence-electron chi connectivity index (χ4n) is 1.70. The maximum Gasteiger partial charge on any atom is 0.331 e. The monoisotopic (exact) mass is 260 g/mol. The van der Waals surface area contributed by atoms with Crippen molar-refractivity contribution in [3.05, 3.63) is 0 Å². The summed E-state index contributed by atoms with van der Waals surface area (Å²) in [5, 5.41) is 0. The predicted molar refractivity (Wildman–Crippen MR) is 77.6 cm³/mol. The fourth-order valence-corrected chi connectivity index (χ4v) is 3.05. The molecule has 0 saturated carbocycles. The molecule has 0 aromatic heterocycles. The van der Waals surface area contributed by atoms with Gasteiger partial charge in [-0.15, -0.1) is 0 Å². The summed E-state index contributed by atoms with van der Waals surface area (Å²) in [6.45, 7) is 12.8. The van der Waals surface area contributed by atoms with Crippen LogP contribution in [0.2, 0.25) is 13.1 Å². The van der Waals surface area contributed by atoms with Gasteiger partial charge < -0.3 is 8.85 Å². The molecule has 0 aliphatic rings. The van der Waals surface area contributed by atoms with Gasteiger partial charge in [-0.3, -0.25) is 0 Å². The summed E-state index contributed by atoms with van der Waals surface area (Å²) in [6, 6.07) is 0. The molecule has 0 aromatic rings. The minimum absolute atomic E-state index is 0.776. The van der Waals surface area contributed by atoms with E-state index in [1.54, 1.807) is 0 Å². The highest BCUT2D eigenvalue weighted by Crippen LogP contribution is 2.11. The second kappa shape index (κ2) is 10.1. The molecule has 0 bridgehead atoms. The van der Waals surface area contributed by atoms with E-state index in [4.69, 9.17) is 8.85 Å². The van der Waals surface area contributed by atoms with Crippen molar-refractivity contribution in [2.45, 2.75) is 72.4 Å². The smallest absolute Gasteiger partial charge is 0.331 e. The highest BCUT2D eigenvalue weighted by atomic mass is 28.4. The zero-order valence-electron chi connectivity index (χ0n) is 12.6. The first-order chi connectivity index (χ1) is 7.98. The molecule has 0 heterocycles. The quantitative estimate of drug-likeness (QED) is 0.395. The minimum Gasteiger partial charge on any atom is -0.395 e. The van der Waals surface area contributed by atoms with Gasteiger partial charge in [0.25, 0.3) is 0 Å². The first-order valence-corrected chi connectivity index (χ1v) is 10.1. The molecule has 3 heteroatoms. The largest absolute Gasteiger partial charge is 0.395 e. The van der Waals surface area contributed by atoms with E-state index in [0.29, 0.717) is 0 Å². The lowest BCUT2D eigenvalue weighted by Crippen LogP contribution is -2.35. The third kappa shape index (κ3) is 12.4. The lowest BCUT2D eigenvalue weighted by atomic mass is 10.1. The van der Waals surface area contributed by atoms with Crippen molar-refractivity contribution < 1.29 is 8.85 Å². The summed E-state index contributed by atoms with van der Waals surface area (Å²) >= 11 is 0. The Bertz CT molecular complexity index is 170. The Hall–Kier alpha value is 0.137. The van der Waals surface area contributed by atoms with Gasteiger partial charge in [-0.2, -0.15) is 0 Å². The molecule has 0 spiro atoms. The first-order valence-electron chi connectivity index (χ1n) is 7.26. The van der Waals surface area contributed by atoms with Crippen molar-refractivity contribution in [3.8, 4) is 0 Å². The molecule has 0 aromatic carbocycles. The minimum atomic E-state index is -1.84. The molecule has 0 unspecified atom stereocenters. The van der Waals surface area contributed by atoms with Crippen molar-refractivity contribution in [1.82, 2.24) is 0 Å². The normalized spacial score (nSPS) is 12.4. The van der Waals surface area contributed by atoms with E-state index in [-0.39, 0.29) is 0 Å². The van der Waals surface area contributed by atoms with Crippen LogP contribution in [0.5, 0.6) is 0 Å². The lowest BCUT2D eigenvalue weighted by molar-refractivity contribution is 0.171. The van der Waals surface area contributed by atoms with Crippen LogP contribution in [0.25, 0.3) is 0 Å². The third-order valence-electron chi connectivity index (χ3n) is 2.82. The molecule has 0 aliphatic heterocycles. The molecular formula is C14H32O2Si. The van der Waals surface area contributed by atoms with Crippen LogP contribution in [-0.2, 0) is 8.85 Å². The molecule has 0 radical (unpaired) electrons. The number of hydrogen-bond donors (Lipinski definition) is 0. The molecular weight excluding hydrogens is 228 g/mol. The Morgan fingerprint density at radius 2 is 1.47 bits per heavy atom. The van der Waals surface area contributed by atoms with Crippen LogP contribution < -0.4 is 0 Å². The van der Waals surface area contributed by atoms with E-state index in [2.05, 4.69) is 33.9 Å². The molecule has 0 N–H and O–H groups in total. The van der Waals surface area contributed by atoms with E-state index in [9.17, 15) is 0 Å². The number of unbranched alkanes of at least 4 members (excludes halogenated alkanes) is 3. The van der Waals surface area contributed by atoms with Gasteiger partial charge in [-0.25, -0.2) is 0 Å². The van der Waals surface area contributed by atoms with Crippen LogP contribution >= 0.6 is 0 Å². The average Bonchev–Trinajstić information content (AvgIpc) is 2.24. The van der Waals surface area contributed by atoms with Crippen LogP contribution in [0.15, 0.2) is 0 Å². The van der Waals surface area contributed by atoms with Gasteiger partial charge in [-0.05, 0) is 38.3 Å². The predicted octanol–water partition coefficient (Wildman–Crippen LogP) is 4.74. The zero-order valence-corrected chi connectivity index (χ0v) is 13.6. The molecule has 0 amide bonds. The molecule has 104 valence electrons. The maximum atomic E-state index is 5.90. The highest BCUT2D eigenvalue weighted by Gasteiger charge is 2.23. The lowest BCUT2D eigenvalue weighted by Gasteiger charge is -2.23. The van der Waals surface area contributed by atoms with Crippen LogP contribution in [0.3, 0.4) is 0 Å². The fraction of sp³-hybridized carbons (Fsp3) is 1.00. The van der Waals surface area contributed by atoms with Crippen LogP contribution in [0.1, 0.15) is 59.3 Å². The van der Waals surface area contributed by atoms with E-state index in [0.717, 1.165) is 25.6 Å². The van der Waals surface area contributed by atoms with Gasteiger partial charge in [0, 0.05) is 13.2 Å². The van der Waals surface area contributed by atoms with E-state index >= 15 is 0 Å². The van der Waals surface area contributed by atoms with Crippen molar-refractivity contribution >= 4 is 8.56 Å². The van der Waals surface area contributed by atoms with Gasteiger partial charge in [0.05, 0.1) is 0 Å². The van der Waals surface area contributed by atoms with Gasteiger partial charge in [0.1, 0.15) is 0 Å². The average molecular weight is 260 g/mol. The Kier molecular flexibility index (Phi) is 10.2. The molecule has 0 saturated heterocycles. The van der Waals surface area contributed by atoms with Gasteiger partial charge in [0.2, 0.25) is 0 Å². The van der Waals surface area contributed by atoms with E-state index < -0.39 is 8.56 Å². The van der Waals surface area contributed by atoms with Crippen molar-refractivity contribution in [3.63, 3.8) is 0 Å². The van der Waals surface area contributed by atoms with E-state index in [1.165, 1.54) is 32.1 Å². The van der Waals surface area contributed by atoms with Crippen LogP contribution in [0, 0.1) is 5.92 Å². The van der Waals surface area contributed by atoms with E-state index in [1.807, 2.05) is 0 Å². The SMILES string of the molecule is CCCCCCO[Si](C)(C)OCCCC(C)C. The number of hydrogen-bond acceptors (Lipinski definition) is 2. The molecule has 0 atom stereocenters. The zero-order chi connectivity index (χ0) is 13.1. The van der Waals surface area contributed by atoms with Crippen molar-refractivity contribution in [2.24, 2.45) is 5.92 Å². The Morgan fingerprint density at radius 3 is 2.00 bits per heavy atom. The van der Waals surface area contributed by atoms with Crippen molar-refractivity contribution in [2.75, 3.05) is 13.2 Å². The van der Waals surface area contributed by atoms with Gasteiger partial charge in [-0.1, -0.05) is 40.0 Å². The summed E-state index contributed by atoms with van der Waals surface area (Å²) in [6.07, 6.45) is 7.48. The number of rotatable bonds is 11. The summed E-state index contributed by atoms with van der Waals surface area (Å²) in [5.74, 6) is 0.776. The van der Waals surface area contributed by atoms with Crippen LogP contribution in [0.4, 0.5) is 0 Å². The van der Waals surface area contributed by atoms with Crippen LogP contribution in [-0.4, -0.2) is 21.8 Å². The Morgan fingerprint density at radius 1 is 0.882 bits per heavy atom. The standard InChI is InChI=1S/C14H32O2Si/c1-6-7-8-9-12-15-17(4,5)16-13-10-11-14(2)3/h14H,6-13H2,1-5H3. The van der Waals surface area contributed by atoms with Gasteiger partial charge in [0.15, 0.2) is 0 Å². The topological polar surface area (TPSA) is 18.5 Å². The molecule has 0 rings (SSSR count). The Labute approximate surface area is 109 Å². The molecule has 0 aliphatic carbocycles. The highest BCUT2D eigenvalue weighted by molar-refractivity contribution is 6.64. The summed E-state index contributed by atoms with van der Waals surface area (Å²) in [7, 11) is -1.84. The van der Waals surface area contributed by atoms with Gasteiger partial charge >= 0.3 is 8.56 Å². The maximum absolute atomic E-state index is 5.90. The summed E-state index contributed by atoms with van der Waals surface area (Å²) in [5.41, 5.74) is 0. The first kappa shape index (κ1) is 17.1.